The van der Waals surface area contributed by atoms with Gasteiger partial charge < -0.3 is 15.7 Å². The average molecular weight is 254 g/mol. The molecule has 0 aromatic carbocycles. The lowest BCUT2D eigenvalue weighted by Crippen LogP contribution is -2.57. The number of hydrogen-bond acceptors (Lipinski definition) is 3. The number of nitrogens with two attached hydrogens (primary N) is 1. The van der Waals surface area contributed by atoms with E-state index in [0.717, 1.165) is 25.3 Å². The van der Waals surface area contributed by atoms with E-state index in [0.29, 0.717) is 6.54 Å². The summed E-state index contributed by atoms with van der Waals surface area (Å²) in [6, 6.07) is 0. The van der Waals surface area contributed by atoms with Crippen LogP contribution in [0.5, 0.6) is 0 Å². The van der Waals surface area contributed by atoms with Gasteiger partial charge in [-0.15, -0.1) is 0 Å². The molecule has 0 heterocycles. The Hall–Kier alpha value is -0.610. The summed E-state index contributed by atoms with van der Waals surface area (Å²) in [5.74, 6) is 0.0882. The number of hydrogen-bond donors (Lipinski definition) is 2. The van der Waals surface area contributed by atoms with E-state index in [-0.39, 0.29) is 5.92 Å². The molecule has 0 bridgehead atoms. The molecule has 2 saturated carbocycles. The molecule has 0 aromatic rings. The fourth-order valence-electron chi connectivity index (χ4n) is 3.29. The summed E-state index contributed by atoms with van der Waals surface area (Å²) in [7, 11) is 2.02. The maximum Gasteiger partial charge on any atom is 0.325 e. The molecule has 1 unspecified atom stereocenters. The van der Waals surface area contributed by atoms with E-state index in [1.807, 2.05) is 7.05 Å². The Kier molecular flexibility index (Phi) is 4.28. The van der Waals surface area contributed by atoms with Crippen LogP contribution < -0.4 is 5.73 Å². The molecule has 4 heteroatoms. The summed E-state index contributed by atoms with van der Waals surface area (Å²) in [5, 5.41) is 9.35. The molecule has 3 N–H and O–H groups in total. The van der Waals surface area contributed by atoms with Gasteiger partial charge in [0.25, 0.3) is 0 Å². The summed E-state index contributed by atoms with van der Waals surface area (Å²) < 4.78 is 0. The quantitative estimate of drug-likeness (QED) is 0.757. The lowest BCUT2D eigenvalue weighted by Gasteiger charge is -2.33. The van der Waals surface area contributed by atoms with Crippen LogP contribution in [0.3, 0.4) is 0 Å². The summed E-state index contributed by atoms with van der Waals surface area (Å²) >= 11 is 0. The van der Waals surface area contributed by atoms with Gasteiger partial charge >= 0.3 is 5.97 Å². The van der Waals surface area contributed by atoms with Crippen molar-refractivity contribution in [2.75, 3.05) is 20.1 Å². The predicted molar refractivity (Wildman–Crippen MR) is 71.4 cm³/mol. The Balaban J connectivity index is 1.84. The Morgan fingerprint density at radius 2 is 1.89 bits per heavy atom. The van der Waals surface area contributed by atoms with Crippen LogP contribution in [0.25, 0.3) is 0 Å². The van der Waals surface area contributed by atoms with Crippen molar-refractivity contribution < 1.29 is 9.90 Å². The first-order valence-electron chi connectivity index (χ1n) is 7.23. The van der Waals surface area contributed by atoms with Crippen LogP contribution in [-0.4, -0.2) is 41.7 Å². The minimum Gasteiger partial charge on any atom is -0.480 e. The zero-order valence-corrected chi connectivity index (χ0v) is 11.4. The Morgan fingerprint density at radius 3 is 2.39 bits per heavy atom. The molecule has 2 aliphatic rings. The molecule has 104 valence electrons. The van der Waals surface area contributed by atoms with Gasteiger partial charge in [-0.1, -0.05) is 19.3 Å². The van der Waals surface area contributed by atoms with Gasteiger partial charge in [0.1, 0.15) is 5.54 Å². The standard InChI is InChI=1S/C14H26N2O2/c1-16(9-11-5-3-2-4-6-11)10-14(15,13(17)18)12-7-8-12/h11-12H,2-10,15H2,1H3,(H,17,18). The summed E-state index contributed by atoms with van der Waals surface area (Å²) in [5.41, 5.74) is 5.09. The maximum absolute atomic E-state index is 11.4. The summed E-state index contributed by atoms with van der Waals surface area (Å²) in [4.78, 5) is 13.5. The van der Waals surface area contributed by atoms with Gasteiger partial charge in [-0.05, 0) is 44.6 Å². The van der Waals surface area contributed by atoms with Crippen molar-refractivity contribution in [2.45, 2.75) is 50.5 Å². The minimum absolute atomic E-state index is 0.184. The maximum atomic E-state index is 11.4. The van der Waals surface area contributed by atoms with Crippen LogP contribution in [-0.2, 0) is 4.79 Å². The third kappa shape index (κ3) is 3.23. The van der Waals surface area contributed by atoms with Gasteiger partial charge in [0.2, 0.25) is 0 Å². The summed E-state index contributed by atoms with van der Waals surface area (Å²) in [6.45, 7) is 1.49. The zero-order valence-electron chi connectivity index (χ0n) is 11.4. The highest BCUT2D eigenvalue weighted by molar-refractivity contribution is 5.79. The van der Waals surface area contributed by atoms with Gasteiger partial charge in [-0.25, -0.2) is 0 Å². The van der Waals surface area contributed by atoms with E-state index >= 15 is 0 Å². The second kappa shape index (κ2) is 5.57. The Bertz CT molecular complexity index is 298. The van der Waals surface area contributed by atoms with Crippen molar-refractivity contribution in [1.29, 1.82) is 0 Å². The molecule has 2 rings (SSSR count). The Morgan fingerprint density at radius 1 is 1.28 bits per heavy atom. The predicted octanol–water partition coefficient (Wildman–Crippen LogP) is 1.69. The highest BCUT2D eigenvalue weighted by Crippen LogP contribution is 2.39. The van der Waals surface area contributed by atoms with E-state index in [9.17, 15) is 9.90 Å². The van der Waals surface area contributed by atoms with Crippen molar-refractivity contribution in [2.24, 2.45) is 17.6 Å². The number of carboxylic acids is 1. The molecular weight excluding hydrogens is 228 g/mol. The van der Waals surface area contributed by atoms with E-state index in [4.69, 9.17) is 5.73 Å². The Labute approximate surface area is 110 Å². The number of rotatable bonds is 6. The van der Waals surface area contributed by atoms with Crippen LogP contribution >= 0.6 is 0 Å². The van der Waals surface area contributed by atoms with Crippen molar-refractivity contribution in [1.82, 2.24) is 4.90 Å². The fourth-order valence-corrected chi connectivity index (χ4v) is 3.29. The first-order chi connectivity index (χ1) is 8.52. The highest BCUT2D eigenvalue weighted by Gasteiger charge is 2.48. The number of nitrogens with zero attached hydrogens (tertiary/aromatic N) is 1. The van der Waals surface area contributed by atoms with E-state index < -0.39 is 11.5 Å². The average Bonchev–Trinajstić information content (AvgIpc) is 3.13. The summed E-state index contributed by atoms with van der Waals surface area (Å²) in [6.07, 6.45) is 8.54. The van der Waals surface area contributed by atoms with Gasteiger partial charge in [-0.3, -0.25) is 4.79 Å². The van der Waals surface area contributed by atoms with E-state index in [2.05, 4.69) is 4.90 Å². The largest absolute Gasteiger partial charge is 0.480 e. The SMILES string of the molecule is CN(CC1CCCCC1)CC(N)(C(=O)O)C1CC1. The second-order valence-electron chi connectivity index (χ2n) is 6.32. The number of likely N-dealkylation sites (N-methyl/N-ethyl adjacent to an activating group) is 1. The molecule has 2 aliphatic carbocycles. The van der Waals surface area contributed by atoms with Crippen LogP contribution in [0.4, 0.5) is 0 Å². The van der Waals surface area contributed by atoms with Gasteiger partial charge in [-0.2, -0.15) is 0 Å². The van der Waals surface area contributed by atoms with Crippen molar-refractivity contribution in [3.8, 4) is 0 Å². The minimum atomic E-state index is -1.02. The van der Waals surface area contributed by atoms with Crippen LogP contribution in [0.15, 0.2) is 0 Å². The lowest BCUT2D eigenvalue weighted by molar-refractivity contribution is -0.145. The van der Waals surface area contributed by atoms with E-state index in [1.165, 1.54) is 32.1 Å². The molecule has 0 amide bonds. The number of carboxylic acid groups (broad SMARTS) is 1. The van der Waals surface area contributed by atoms with Crippen molar-refractivity contribution in [3.05, 3.63) is 0 Å². The topological polar surface area (TPSA) is 66.6 Å². The second-order valence-corrected chi connectivity index (χ2v) is 6.32. The molecule has 4 nitrogen and oxygen atoms in total. The molecule has 0 aromatic heterocycles. The first-order valence-corrected chi connectivity index (χ1v) is 7.23. The lowest BCUT2D eigenvalue weighted by atomic mass is 9.88. The number of carbonyl (C=O) groups is 1. The molecule has 18 heavy (non-hydrogen) atoms. The van der Waals surface area contributed by atoms with Crippen LogP contribution in [0.2, 0.25) is 0 Å². The third-order valence-corrected chi connectivity index (χ3v) is 4.53. The van der Waals surface area contributed by atoms with Crippen molar-refractivity contribution >= 4 is 5.97 Å². The molecule has 0 radical (unpaired) electrons. The van der Waals surface area contributed by atoms with Gasteiger partial charge in [0, 0.05) is 13.1 Å². The van der Waals surface area contributed by atoms with Crippen LogP contribution in [0.1, 0.15) is 44.9 Å². The molecule has 0 saturated heterocycles. The molecule has 0 spiro atoms. The zero-order chi connectivity index (χ0) is 13.2. The van der Waals surface area contributed by atoms with Crippen molar-refractivity contribution in [3.63, 3.8) is 0 Å². The third-order valence-electron chi connectivity index (χ3n) is 4.53. The molecular formula is C14H26N2O2. The number of aliphatic carboxylic acids is 1. The molecule has 2 fully saturated rings. The smallest absolute Gasteiger partial charge is 0.325 e. The van der Waals surface area contributed by atoms with Gasteiger partial charge in [0.15, 0.2) is 0 Å². The molecule has 0 aliphatic heterocycles. The first kappa shape index (κ1) is 13.8. The molecule has 1 atom stereocenters. The monoisotopic (exact) mass is 254 g/mol. The normalized spacial score (nSPS) is 25.1. The van der Waals surface area contributed by atoms with Crippen LogP contribution in [0, 0.1) is 11.8 Å². The van der Waals surface area contributed by atoms with E-state index in [1.54, 1.807) is 0 Å². The fraction of sp³-hybridized carbons (Fsp3) is 0.929. The van der Waals surface area contributed by atoms with Gasteiger partial charge in [0.05, 0.1) is 0 Å². The highest BCUT2D eigenvalue weighted by atomic mass is 16.4.